The average Bonchev–Trinajstić information content (AvgIpc) is 2.47. The molecule has 0 atom stereocenters. The average molecular weight is 175 g/mol. The standard InChI is InChI=1S/C10H9NO2/c12-9-6-7-2-1-3-8-10(7)11(9)4-5-13-8/h1-3H,4-6H2. The predicted molar refractivity (Wildman–Crippen MR) is 48.0 cm³/mol. The Labute approximate surface area is 75.9 Å². The molecule has 3 rings (SSSR count). The van der Waals surface area contributed by atoms with Crippen LogP contribution in [0.4, 0.5) is 5.69 Å². The number of anilines is 1. The Bertz CT molecular complexity index is 387. The molecule has 3 nitrogen and oxygen atoms in total. The van der Waals surface area contributed by atoms with Crippen LogP contribution in [0.5, 0.6) is 5.75 Å². The zero-order valence-corrected chi connectivity index (χ0v) is 7.12. The van der Waals surface area contributed by atoms with Gasteiger partial charge in [0.25, 0.3) is 0 Å². The van der Waals surface area contributed by atoms with E-state index in [1.165, 1.54) is 0 Å². The van der Waals surface area contributed by atoms with E-state index in [1.807, 2.05) is 23.1 Å². The highest BCUT2D eigenvalue weighted by molar-refractivity contribution is 6.03. The van der Waals surface area contributed by atoms with Crippen molar-refractivity contribution in [2.45, 2.75) is 6.42 Å². The van der Waals surface area contributed by atoms with Crippen molar-refractivity contribution < 1.29 is 9.53 Å². The van der Waals surface area contributed by atoms with Gasteiger partial charge in [-0.05, 0) is 11.6 Å². The zero-order valence-electron chi connectivity index (χ0n) is 7.12. The Morgan fingerprint density at radius 1 is 1.38 bits per heavy atom. The van der Waals surface area contributed by atoms with Crippen LogP contribution in [0.3, 0.4) is 0 Å². The predicted octanol–water partition coefficient (Wildman–Crippen LogP) is 0.968. The molecule has 1 amide bonds. The molecular weight excluding hydrogens is 166 g/mol. The molecule has 0 fully saturated rings. The van der Waals surface area contributed by atoms with Gasteiger partial charge in [0.05, 0.1) is 18.7 Å². The van der Waals surface area contributed by atoms with Crippen LogP contribution in [0.1, 0.15) is 5.56 Å². The first-order chi connectivity index (χ1) is 6.36. The Morgan fingerprint density at radius 3 is 3.23 bits per heavy atom. The van der Waals surface area contributed by atoms with Crippen molar-refractivity contribution >= 4 is 11.6 Å². The van der Waals surface area contributed by atoms with E-state index in [0.717, 1.165) is 17.0 Å². The SMILES string of the molecule is O=C1Cc2cccc3c2N1CCO3. The highest BCUT2D eigenvalue weighted by Crippen LogP contribution is 2.39. The summed E-state index contributed by atoms with van der Waals surface area (Å²) < 4.78 is 5.47. The first-order valence-electron chi connectivity index (χ1n) is 4.41. The van der Waals surface area contributed by atoms with Crippen molar-refractivity contribution in [2.75, 3.05) is 18.1 Å². The second kappa shape index (κ2) is 2.25. The van der Waals surface area contributed by atoms with Gasteiger partial charge < -0.3 is 9.64 Å². The molecule has 0 spiro atoms. The fraction of sp³-hybridized carbons (Fsp3) is 0.300. The minimum Gasteiger partial charge on any atom is -0.490 e. The van der Waals surface area contributed by atoms with Crippen LogP contribution >= 0.6 is 0 Å². The zero-order chi connectivity index (χ0) is 8.84. The number of hydrogen-bond acceptors (Lipinski definition) is 2. The molecule has 2 aliphatic rings. The van der Waals surface area contributed by atoms with Gasteiger partial charge in [-0.3, -0.25) is 4.79 Å². The highest BCUT2D eigenvalue weighted by Gasteiger charge is 2.32. The minimum absolute atomic E-state index is 0.200. The number of benzene rings is 1. The largest absolute Gasteiger partial charge is 0.490 e. The van der Waals surface area contributed by atoms with Gasteiger partial charge >= 0.3 is 0 Å². The molecule has 0 radical (unpaired) electrons. The Kier molecular flexibility index (Phi) is 1.20. The van der Waals surface area contributed by atoms with Crippen molar-refractivity contribution in [1.29, 1.82) is 0 Å². The van der Waals surface area contributed by atoms with E-state index >= 15 is 0 Å². The monoisotopic (exact) mass is 175 g/mol. The van der Waals surface area contributed by atoms with Gasteiger partial charge in [-0.25, -0.2) is 0 Å². The molecule has 0 saturated carbocycles. The molecule has 1 aromatic carbocycles. The van der Waals surface area contributed by atoms with E-state index in [1.54, 1.807) is 0 Å². The molecule has 66 valence electrons. The van der Waals surface area contributed by atoms with Crippen molar-refractivity contribution in [3.63, 3.8) is 0 Å². The molecule has 1 aromatic rings. The van der Waals surface area contributed by atoms with Crippen molar-refractivity contribution in [3.05, 3.63) is 23.8 Å². The van der Waals surface area contributed by atoms with Crippen LogP contribution in [0.25, 0.3) is 0 Å². The lowest BCUT2D eigenvalue weighted by Crippen LogP contribution is -2.34. The summed E-state index contributed by atoms with van der Waals surface area (Å²) in [6, 6.07) is 5.85. The quantitative estimate of drug-likeness (QED) is 0.588. The summed E-state index contributed by atoms with van der Waals surface area (Å²) in [5.74, 6) is 1.06. The molecule has 13 heavy (non-hydrogen) atoms. The van der Waals surface area contributed by atoms with Gasteiger partial charge in [-0.15, -0.1) is 0 Å². The Hall–Kier alpha value is -1.51. The second-order valence-corrected chi connectivity index (χ2v) is 3.33. The number of carbonyl (C=O) groups excluding carboxylic acids is 1. The molecular formula is C10H9NO2. The number of ether oxygens (including phenoxy) is 1. The van der Waals surface area contributed by atoms with Gasteiger partial charge in [0.2, 0.25) is 5.91 Å². The summed E-state index contributed by atoms with van der Waals surface area (Å²) in [5, 5.41) is 0. The number of nitrogens with zero attached hydrogens (tertiary/aromatic N) is 1. The van der Waals surface area contributed by atoms with Gasteiger partial charge in [-0.1, -0.05) is 12.1 Å². The van der Waals surface area contributed by atoms with E-state index in [9.17, 15) is 4.79 Å². The number of amides is 1. The lowest BCUT2D eigenvalue weighted by Gasteiger charge is -2.25. The fourth-order valence-corrected chi connectivity index (χ4v) is 2.00. The lowest BCUT2D eigenvalue weighted by molar-refractivity contribution is -0.117. The molecule has 2 aliphatic heterocycles. The summed E-state index contributed by atoms with van der Waals surface area (Å²) in [4.78, 5) is 13.3. The molecule has 0 unspecified atom stereocenters. The number of carbonyl (C=O) groups is 1. The van der Waals surface area contributed by atoms with Gasteiger partial charge in [-0.2, -0.15) is 0 Å². The maximum atomic E-state index is 11.5. The maximum absolute atomic E-state index is 11.5. The second-order valence-electron chi connectivity index (χ2n) is 3.33. The van der Waals surface area contributed by atoms with E-state index in [-0.39, 0.29) is 5.91 Å². The van der Waals surface area contributed by atoms with E-state index in [0.29, 0.717) is 19.6 Å². The highest BCUT2D eigenvalue weighted by atomic mass is 16.5. The van der Waals surface area contributed by atoms with Gasteiger partial charge in [0.1, 0.15) is 12.4 Å². The Balaban J connectivity index is 2.25. The summed E-state index contributed by atoms with van der Waals surface area (Å²) in [6.07, 6.45) is 0.534. The minimum atomic E-state index is 0.200. The molecule has 0 aliphatic carbocycles. The first kappa shape index (κ1) is 6.95. The van der Waals surface area contributed by atoms with Gasteiger partial charge in [0, 0.05) is 0 Å². The maximum Gasteiger partial charge on any atom is 0.231 e. The van der Waals surface area contributed by atoms with Crippen molar-refractivity contribution in [1.82, 2.24) is 0 Å². The third-order valence-electron chi connectivity index (χ3n) is 2.57. The van der Waals surface area contributed by atoms with Crippen LogP contribution in [0, 0.1) is 0 Å². The lowest BCUT2D eigenvalue weighted by atomic mass is 10.1. The Morgan fingerprint density at radius 2 is 2.31 bits per heavy atom. The fourth-order valence-electron chi connectivity index (χ4n) is 2.00. The molecule has 0 saturated heterocycles. The van der Waals surface area contributed by atoms with Crippen LogP contribution in [-0.2, 0) is 11.2 Å². The number of para-hydroxylation sites is 1. The number of hydrogen-bond donors (Lipinski definition) is 0. The third kappa shape index (κ3) is 0.813. The number of rotatable bonds is 0. The summed E-state index contributed by atoms with van der Waals surface area (Å²) in [5.41, 5.74) is 2.10. The summed E-state index contributed by atoms with van der Waals surface area (Å²) in [6.45, 7) is 1.31. The normalized spacial score (nSPS) is 18.5. The molecule has 0 N–H and O–H groups in total. The topological polar surface area (TPSA) is 29.5 Å². The smallest absolute Gasteiger partial charge is 0.231 e. The third-order valence-corrected chi connectivity index (χ3v) is 2.57. The van der Waals surface area contributed by atoms with Crippen molar-refractivity contribution in [2.24, 2.45) is 0 Å². The molecule has 0 aromatic heterocycles. The van der Waals surface area contributed by atoms with Crippen LogP contribution < -0.4 is 9.64 Å². The summed E-state index contributed by atoms with van der Waals surface area (Å²) >= 11 is 0. The molecule has 3 heteroatoms. The van der Waals surface area contributed by atoms with Crippen LogP contribution in [0.2, 0.25) is 0 Å². The van der Waals surface area contributed by atoms with Crippen LogP contribution in [0.15, 0.2) is 18.2 Å². The van der Waals surface area contributed by atoms with E-state index in [4.69, 9.17) is 4.74 Å². The first-order valence-corrected chi connectivity index (χ1v) is 4.41. The molecule has 0 bridgehead atoms. The van der Waals surface area contributed by atoms with Gasteiger partial charge in [0.15, 0.2) is 0 Å². The van der Waals surface area contributed by atoms with Crippen LogP contribution in [-0.4, -0.2) is 19.1 Å². The molecule has 2 heterocycles. The summed E-state index contributed by atoms with van der Waals surface area (Å²) in [7, 11) is 0. The van der Waals surface area contributed by atoms with E-state index in [2.05, 4.69) is 0 Å². The van der Waals surface area contributed by atoms with Crippen molar-refractivity contribution in [3.8, 4) is 5.75 Å². The van der Waals surface area contributed by atoms with E-state index < -0.39 is 0 Å².